The molecule has 10 heteroatoms. The number of sulfone groups is 1. The van der Waals surface area contributed by atoms with Crippen molar-refractivity contribution >= 4 is 9.84 Å². The molecule has 204 valence electrons. The van der Waals surface area contributed by atoms with E-state index in [1.165, 1.54) is 41.1 Å². The highest BCUT2D eigenvalue weighted by Crippen LogP contribution is 2.34. The van der Waals surface area contributed by atoms with Crippen LogP contribution in [0.2, 0.25) is 0 Å². The number of rotatable bonds is 10. The van der Waals surface area contributed by atoms with E-state index in [9.17, 15) is 22.7 Å². The van der Waals surface area contributed by atoms with Gasteiger partial charge in [-0.05, 0) is 54.3 Å². The van der Waals surface area contributed by atoms with Crippen LogP contribution in [-0.2, 0) is 16.3 Å². The quantitative estimate of drug-likeness (QED) is 0.283. The van der Waals surface area contributed by atoms with Crippen molar-refractivity contribution in [2.75, 3.05) is 7.11 Å². The zero-order valence-electron chi connectivity index (χ0n) is 22.0. The number of hydrogen-bond donors (Lipinski definition) is 1. The van der Waals surface area contributed by atoms with Crippen LogP contribution < -0.4 is 10.3 Å². The van der Waals surface area contributed by atoms with E-state index in [-0.39, 0.29) is 4.90 Å². The Hall–Kier alpha value is -4.05. The summed E-state index contributed by atoms with van der Waals surface area (Å²) in [7, 11) is -2.92. The van der Waals surface area contributed by atoms with Gasteiger partial charge in [0.05, 0.1) is 24.2 Å². The van der Waals surface area contributed by atoms with Gasteiger partial charge in [-0.15, -0.1) is 0 Å². The molecule has 0 fully saturated rings. The van der Waals surface area contributed by atoms with E-state index < -0.39 is 38.0 Å². The molecule has 2 aromatic carbocycles. The maximum absolute atomic E-state index is 13.7. The van der Waals surface area contributed by atoms with Crippen molar-refractivity contribution in [2.45, 2.75) is 55.4 Å². The average molecular weight is 552 g/mol. The topological polar surface area (TPSA) is 111 Å². The van der Waals surface area contributed by atoms with Crippen molar-refractivity contribution in [1.29, 1.82) is 0 Å². The Kier molecular flexibility index (Phi) is 8.44. The number of unbranched alkanes of at least 4 members (excludes halogenated alkanes) is 1. The number of methoxy groups -OCH3 is 1. The van der Waals surface area contributed by atoms with Crippen molar-refractivity contribution in [2.24, 2.45) is 0 Å². The van der Waals surface area contributed by atoms with E-state index >= 15 is 0 Å². The van der Waals surface area contributed by atoms with E-state index in [0.29, 0.717) is 42.0 Å². The second-order valence-electron chi connectivity index (χ2n) is 9.08. The Balaban J connectivity index is 1.86. The van der Waals surface area contributed by atoms with Crippen LogP contribution in [0.4, 0.5) is 4.39 Å². The molecule has 0 aliphatic heterocycles. The summed E-state index contributed by atoms with van der Waals surface area (Å²) in [5.74, 6) is -0.266. The maximum atomic E-state index is 13.7. The van der Waals surface area contributed by atoms with Crippen molar-refractivity contribution < 1.29 is 22.7 Å². The summed E-state index contributed by atoms with van der Waals surface area (Å²) < 4.78 is 47.8. The number of nitrogens with zero attached hydrogens (tertiary/aromatic N) is 3. The van der Waals surface area contributed by atoms with Gasteiger partial charge < -0.3 is 9.84 Å². The standard InChI is InChI=1S/C29H30FN3O5S/c1-4-6-10-26-32-28(34)27(29(35)33(26)25(5-2)20-8-7-9-23(16-20)38-3)39(36,37)24-13-11-19(12-14-24)21-15-22(30)18-31-17-21/h7-9,11-18,25,35H,4-6,10H2,1-3H3. The number of halogens is 1. The summed E-state index contributed by atoms with van der Waals surface area (Å²) in [6, 6.07) is 13.6. The van der Waals surface area contributed by atoms with Gasteiger partial charge in [0.2, 0.25) is 15.7 Å². The van der Waals surface area contributed by atoms with Crippen LogP contribution in [0.3, 0.4) is 0 Å². The Morgan fingerprint density at radius 2 is 1.79 bits per heavy atom. The fraction of sp³-hybridized carbons (Fsp3) is 0.276. The predicted octanol–water partition coefficient (Wildman–Crippen LogP) is 5.33. The zero-order valence-corrected chi connectivity index (χ0v) is 22.8. The molecule has 1 N–H and O–H groups in total. The molecule has 39 heavy (non-hydrogen) atoms. The van der Waals surface area contributed by atoms with Crippen LogP contribution in [0, 0.1) is 5.82 Å². The number of hydrogen-bond acceptors (Lipinski definition) is 7. The summed E-state index contributed by atoms with van der Waals surface area (Å²) >= 11 is 0. The highest BCUT2D eigenvalue weighted by Gasteiger charge is 2.32. The molecule has 8 nitrogen and oxygen atoms in total. The molecule has 0 bridgehead atoms. The fourth-order valence-electron chi connectivity index (χ4n) is 4.55. The first-order chi connectivity index (χ1) is 18.7. The third-order valence-electron chi connectivity index (χ3n) is 6.54. The van der Waals surface area contributed by atoms with Crippen LogP contribution in [-0.4, -0.2) is 35.2 Å². The third-order valence-corrected chi connectivity index (χ3v) is 8.32. The molecule has 0 saturated carbocycles. The molecule has 2 heterocycles. The van der Waals surface area contributed by atoms with E-state index in [4.69, 9.17) is 4.74 Å². The van der Waals surface area contributed by atoms with Gasteiger partial charge in [-0.2, -0.15) is 4.98 Å². The second kappa shape index (κ2) is 11.8. The lowest BCUT2D eigenvalue weighted by atomic mass is 10.0. The van der Waals surface area contributed by atoms with E-state index in [0.717, 1.165) is 18.2 Å². The number of aromatic nitrogens is 3. The molecular weight excluding hydrogens is 521 g/mol. The van der Waals surface area contributed by atoms with E-state index in [1.807, 2.05) is 32.0 Å². The number of pyridine rings is 1. The van der Waals surface area contributed by atoms with Gasteiger partial charge in [0, 0.05) is 18.2 Å². The summed E-state index contributed by atoms with van der Waals surface area (Å²) in [4.78, 5) is 20.1. The Bertz CT molecular complexity index is 1640. The number of benzene rings is 2. The first kappa shape index (κ1) is 28.0. The van der Waals surface area contributed by atoms with Crippen molar-refractivity contribution in [3.63, 3.8) is 0 Å². The molecule has 2 aromatic heterocycles. The highest BCUT2D eigenvalue weighted by atomic mass is 32.2. The zero-order chi connectivity index (χ0) is 28.2. The van der Waals surface area contributed by atoms with Gasteiger partial charge in [-0.3, -0.25) is 14.3 Å². The summed E-state index contributed by atoms with van der Waals surface area (Å²) in [6.07, 6.45) is 4.92. The highest BCUT2D eigenvalue weighted by molar-refractivity contribution is 7.91. The average Bonchev–Trinajstić information content (AvgIpc) is 2.93. The monoisotopic (exact) mass is 551 g/mol. The summed E-state index contributed by atoms with van der Waals surface area (Å²) in [6.45, 7) is 3.89. The normalized spacial score (nSPS) is 12.3. The number of aryl methyl sites for hydroxylation is 1. The molecule has 1 atom stereocenters. The van der Waals surface area contributed by atoms with Crippen LogP contribution in [0.25, 0.3) is 11.1 Å². The SMILES string of the molecule is CCCCc1nc(=O)c(S(=O)(=O)c2ccc(-c3cncc(F)c3)cc2)c(O)n1C(CC)c1cccc(OC)c1. The van der Waals surface area contributed by atoms with E-state index in [2.05, 4.69) is 9.97 Å². The maximum Gasteiger partial charge on any atom is 0.296 e. The van der Waals surface area contributed by atoms with Crippen LogP contribution in [0.5, 0.6) is 11.6 Å². The van der Waals surface area contributed by atoms with Gasteiger partial charge in [0.15, 0.2) is 4.90 Å². The van der Waals surface area contributed by atoms with Gasteiger partial charge in [-0.1, -0.05) is 44.5 Å². The smallest absolute Gasteiger partial charge is 0.296 e. The van der Waals surface area contributed by atoms with Crippen molar-refractivity contribution in [1.82, 2.24) is 14.5 Å². The third kappa shape index (κ3) is 5.70. The summed E-state index contributed by atoms with van der Waals surface area (Å²) in [5, 5.41) is 11.5. The molecule has 1 unspecified atom stereocenters. The summed E-state index contributed by atoms with van der Waals surface area (Å²) in [5.41, 5.74) is 0.760. The largest absolute Gasteiger partial charge is 0.497 e. The van der Waals surface area contributed by atoms with Crippen LogP contribution in [0.15, 0.2) is 81.6 Å². The lowest BCUT2D eigenvalue weighted by molar-refractivity contribution is 0.357. The molecule has 0 saturated heterocycles. The minimum absolute atomic E-state index is 0.202. The lowest BCUT2D eigenvalue weighted by Crippen LogP contribution is -2.27. The molecule has 4 rings (SSSR count). The molecule has 0 aliphatic carbocycles. The minimum atomic E-state index is -4.46. The van der Waals surface area contributed by atoms with Gasteiger partial charge in [-0.25, -0.2) is 12.8 Å². The molecule has 0 spiro atoms. The Morgan fingerprint density at radius 3 is 2.44 bits per heavy atom. The van der Waals surface area contributed by atoms with Crippen molar-refractivity contribution in [3.05, 3.63) is 94.5 Å². The predicted molar refractivity (Wildman–Crippen MR) is 145 cm³/mol. The number of ether oxygens (including phenoxy) is 1. The Morgan fingerprint density at radius 1 is 1.05 bits per heavy atom. The van der Waals surface area contributed by atoms with Crippen LogP contribution in [0.1, 0.15) is 50.5 Å². The minimum Gasteiger partial charge on any atom is -0.497 e. The van der Waals surface area contributed by atoms with Crippen molar-refractivity contribution in [3.8, 4) is 22.8 Å². The molecule has 0 amide bonds. The first-order valence-corrected chi connectivity index (χ1v) is 14.1. The lowest BCUT2D eigenvalue weighted by Gasteiger charge is -2.25. The van der Waals surface area contributed by atoms with Gasteiger partial charge in [0.1, 0.15) is 17.4 Å². The molecular formula is C29H30FN3O5S. The Labute approximate surface area is 226 Å². The number of aromatic hydroxyl groups is 1. The molecule has 0 aliphatic rings. The van der Waals surface area contributed by atoms with Crippen LogP contribution >= 0.6 is 0 Å². The first-order valence-electron chi connectivity index (χ1n) is 12.7. The van der Waals surface area contributed by atoms with Gasteiger partial charge >= 0.3 is 0 Å². The van der Waals surface area contributed by atoms with E-state index in [1.54, 1.807) is 13.2 Å². The molecule has 0 radical (unpaired) electrons. The van der Waals surface area contributed by atoms with Gasteiger partial charge in [0.25, 0.3) is 5.56 Å². The molecule has 4 aromatic rings. The second-order valence-corrected chi connectivity index (χ2v) is 11.0. The fourth-order valence-corrected chi connectivity index (χ4v) is 5.90.